The van der Waals surface area contributed by atoms with Crippen LogP contribution in [0.5, 0.6) is 0 Å². The first-order valence-electron chi connectivity index (χ1n) is 11.5. The molecule has 0 spiro atoms. The standard InChI is InChI=1S/C23H27F3N4O2/c1-29(22-10-13-5-14(11-22)7-15(6-13)12-22)21(31)17-9-20-27-16(18-3-2-4-32-18)8-19(23(24,25)26)30(20)28-17/h2-4,9,13-16,19,27H,5-8,10-12H2,1H3/t13?,14?,15?,16-,19-,22?/m0/s1. The Balaban J connectivity index is 1.31. The summed E-state index contributed by atoms with van der Waals surface area (Å²) >= 11 is 0. The van der Waals surface area contributed by atoms with Gasteiger partial charge in [0.05, 0.1) is 12.3 Å². The van der Waals surface area contributed by atoms with E-state index in [9.17, 15) is 18.0 Å². The molecule has 4 aliphatic carbocycles. The van der Waals surface area contributed by atoms with Crippen molar-refractivity contribution < 1.29 is 22.4 Å². The zero-order chi connectivity index (χ0) is 22.3. The summed E-state index contributed by atoms with van der Waals surface area (Å²) in [6.07, 6.45) is 3.48. The van der Waals surface area contributed by atoms with Crippen LogP contribution in [0.1, 0.15) is 73.3 Å². The molecule has 172 valence electrons. The van der Waals surface area contributed by atoms with E-state index < -0.39 is 18.3 Å². The molecular formula is C23H27F3N4O2. The number of aromatic nitrogens is 2. The maximum absolute atomic E-state index is 13.9. The summed E-state index contributed by atoms with van der Waals surface area (Å²) in [7, 11) is 1.81. The van der Waals surface area contributed by atoms with Gasteiger partial charge in [-0.15, -0.1) is 0 Å². The molecule has 3 heterocycles. The van der Waals surface area contributed by atoms with Crippen LogP contribution in [0.4, 0.5) is 19.0 Å². The van der Waals surface area contributed by atoms with E-state index in [4.69, 9.17) is 4.42 Å². The Morgan fingerprint density at radius 1 is 1.19 bits per heavy atom. The first-order chi connectivity index (χ1) is 15.2. The van der Waals surface area contributed by atoms with Crippen LogP contribution in [0.25, 0.3) is 0 Å². The highest BCUT2D eigenvalue weighted by Crippen LogP contribution is 2.57. The van der Waals surface area contributed by atoms with E-state index in [1.807, 2.05) is 7.05 Å². The predicted octanol–water partition coefficient (Wildman–Crippen LogP) is 5.18. The third-order valence-electron chi connectivity index (χ3n) is 8.32. The lowest BCUT2D eigenvalue weighted by molar-refractivity contribution is -0.174. The topological polar surface area (TPSA) is 63.3 Å². The Kier molecular flexibility index (Phi) is 4.27. The summed E-state index contributed by atoms with van der Waals surface area (Å²) in [4.78, 5) is 15.3. The predicted molar refractivity (Wildman–Crippen MR) is 110 cm³/mol. The molecule has 4 bridgehead atoms. The summed E-state index contributed by atoms with van der Waals surface area (Å²) < 4.78 is 48.0. The van der Waals surface area contributed by atoms with Gasteiger partial charge < -0.3 is 14.6 Å². The number of rotatable bonds is 3. The molecular weight excluding hydrogens is 421 g/mol. The third kappa shape index (κ3) is 3.07. The van der Waals surface area contributed by atoms with Crippen molar-refractivity contribution in [2.24, 2.45) is 17.8 Å². The first-order valence-corrected chi connectivity index (χ1v) is 11.5. The Hall–Kier alpha value is -2.45. The van der Waals surface area contributed by atoms with Gasteiger partial charge in [-0.1, -0.05) is 0 Å². The largest absolute Gasteiger partial charge is 0.467 e. The lowest BCUT2D eigenvalue weighted by atomic mass is 9.52. The second kappa shape index (κ2) is 6.78. The van der Waals surface area contributed by atoms with Gasteiger partial charge in [0.15, 0.2) is 11.7 Å². The number of halogens is 3. The number of nitrogens with one attached hydrogen (secondary N) is 1. The molecule has 6 nitrogen and oxygen atoms in total. The minimum Gasteiger partial charge on any atom is -0.467 e. The van der Waals surface area contributed by atoms with Crippen molar-refractivity contribution in [2.75, 3.05) is 12.4 Å². The number of hydrogen-bond acceptors (Lipinski definition) is 4. The number of anilines is 1. The first kappa shape index (κ1) is 20.2. The van der Waals surface area contributed by atoms with Gasteiger partial charge in [-0.05, 0) is 68.4 Å². The Morgan fingerprint density at radius 3 is 2.41 bits per heavy atom. The van der Waals surface area contributed by atoms with Crippen molar-refractivity contribution in [3.8, 4) is 0 Å². The van der Waals surface area contributed by atoms with Crippen molar-refractivity contribution in [1.29, 1.82) is 0 Å². The van der Waals surface area contributed by atoms with Crippen LogP contribution in [0.3, 0.4) is 0 Å². The monoisotopic (exact) mass is 448 g/mol. The van der Waals surface area contributed by atoms with Gasteiger partial charge in [-0.2, -0.15) is 18.3 Å². The van der Waals surface area contributed by atoms with Gasteiger partial charge >= 0.3 is 6.18 Å². The molecule has 4 fully saturated rings. The van der Waals surface area contributed by atoms with E-state index in [0.717, 1.165) is 23.9 Å². The minimum absolute atomic E-state index is 0.0695. The molecule has 2 aromatic heterocycles. The molecule has 0 aromatic carbocycles. The maximum atomic E-state index is 13.9. The zero-order valence-corrected chi connectivity index (χ0v) is 17.9. The van der Waals surface area contributed by atoms with E-state index in [-0.39, 0.29) is 29.4 Å². The van der Waals surface area contributed by atoms with Gasteiger partial charge in [0.2, 0.25) is 0 Å². The molecule has 1 amide bonds. The number of carbonyl (C=O) groups excluding carboxylic acids is 1. The smallest absolute Gasteiger partial charge is 0.410 e. The van der Waals surface area contributed by atoms with Crippen LogP contribution in [0, 0.1) is 17.8 Å². The molecule has 0 radical (unpaired) electrons. The number of fused-ring (bicyclic) bond motifs is 1. The molecule has 4 saturated carbocycles. The number of alkyl halides is 3. The van der Waals surface area contributed by atoms with Crippen LogP contribution >= 0.6 is 0 Å². The second-order valence-electron chi connectivity index (χ2n) is 10.4. The van der Waals surface area contributed by atoms with Crippen LogP contribution in [0.15, 0.2) is 28.9 Å². The lowest BCUT2D eigenvalue weighted by Gasteiger charge is -2.59. The second-order valence-corrected chi connectivity index (χ2v) is 10.4. The number of furan rings is 1. The number of carbonyl (C=O) groups is 1. The van der Waals surface area contributed by atoms with Crippen LogP contribution in [0.2, 0.25) is 0 Å². The molecule has 1 aliphatic heterocycles. The fraction of sp³-hybridized carbons (Fsp3) is 0.652. The minimum atomic E-state index is -4.49. The summed E-state index contributed by atoms with van der Waals surface area (Å²) in [6, 6.07) is 2.32. The average Bonchev–Trinajstić information content (AvgIpc) is 3.40. The lowest BCUT2D eigenvalue weighted by Crippen LogP contribution is -2.60. The highest BCUT2D eigenvalue weighted by molar-refractivity contribution is 5.93. The van der Waals surface area contributed by atoms with E-state index in [1.54, 1.807) is 17.0 Å². The van der Waals surface area contributed by atoms with E-state index in [2.05, 4.69) is 10.4 Å². The molecule has 0 saturated heterocycles. The van der Waals surface area contributed by atoms with Crippen LogP contribution < -0.4 is 5.32 Å². The highest BCUT2D eigenvalue weighted by atomic mass is 19.4. The van der Waals surface area contributed by atoms with Crippen LogP contribution in [-0.4, -0.2) is 39.4 Å². The molecule has 7 rings (SSSR count). The fourth-order valence-corrected chi connectivity index (χ4v) is 7.22. The Morgan fingerprint density at radius 2 is 1.84 bits per heavy atom. The SMILES string of the molecule is CN(C(=O)c1cc2n(n1)[C@H](C(F)(F)F)C[C@@H](c1ccco1)N2)C12CC3CC(CC(C3)C1)C2. The summed E-state index contributed by atoms with van der Waals surface area (Å²) in [6.45, 7) is 0. The van der Waals surface area contributed by atoms with Crippen molar-refractivity contribution in [1.82, 2.24) is 14.7 Å². The molecule has 5 aliphatic rings. The Bertz CT molecular complexity index is 993. The number of amides is 1. The third-order valence-corrected chi connectivity index (χ3v) is 8.32. The van der Waals surface area contributed by atoms with Crippen molar-refractivity contribution >= 4 is 11.7 Å². The molecule has 1 N–H and O–H groups in total. The van der Waals surface area contributed by atoms with Gasteiger partial charge in [0, 0.05) is 25.1 Å². The van der Waals surface area contributed by atoms with Gasteiger partial charge in [0.1, 0.15) is 11.6 Å². The fourth-order valence-electron chi connectivity index (χ4n) is 7.22. The average molecular weight is 448 g/mol. The molecule has 0 unspecified atom stereocenters. The van der Waals surface area contributed by atoms with E-state index in [1.165, 1.54) is 31.6 Å². The van der Waals surface area contributed by atoms with Gasteiger partial charge in [-0.3, -0.25) is 4.79 Å². The molecule has 2 aromatic rings. The van der Waals surface area contributed by atoms with E-state index >= 15 is 0 Å². The zero-order valence-electron chi connectivity index (χ0n) is 17.9. The van der Waals surface area contributed by atoms with Crippen LogP contribution in [-0.2, 0) is 0 Å². The maximum Gasteiger partial charge on any atom is 0.410 e. The number of nitrogens with zero attached hydrogens (tertiary/aromatic N) is 3. The quantitative estimate of drug-likeness (QED) is 0.703. The van der Waals surface area contributed by atoms with E-state index in [0.29, 0.717) is 23.5 Å². The molecule has 9 heteroatoms. The van der Waals surface area contributed by atoms with Gasteiger partial charge in [-0.25, -0.2) is 4.68 Å². The summed E-state index contributed by atoms with van der Waals surface area (Å²) in [5.74, 6) is 2.34. The summed E-state index contributed by atoms with van der Waals surface area (Å²) in [5, 5.41) is 7.26. The molecule has 32 heavy (non-hydrogen) atoms. The van der Waals surface area contributed by atoms with Crippen molar-refractivity contribution in [3.63, 3.8) is 0 Å². The number of hydrogen-bond donors (Lipinski definition) is 1. The highest BCUT2D eigenvalue weighted by Gasteiger charge is 2.54. The Labute approximate surface area is 184 Å². The van der Waals surface area contributed by atoms with Crippen molar-refractivity contribution in [2.45, 2.75) is 68.7 Å². The molecule has 2 atom stereocenters. The van der Waals surface area contributed by atoms with Gasteiger partial charge in [0.25, 0.3) is 5.91 Å². The summed E-state index contributed by atoms with van der Waals surface area (Å²) in [5.41, 5.74) is -0.108. The van der Waals surface area contributed by atoms with Crippen molar-refractivity contribution in [3.05, 3.63) is 35.9 Å². The normalized spacial score (nSPS) is 35.4.